The Kier molecular flexibility index (Phi) is 4.31. The van der Waals surface area contributed by atoms with E-state index in [1.807, 2.05) is 6.92 Å². The Morgan fingerprint density at radius 3 is 1.95 bits per heavy atom. The van der Waals surface area contributed by atoms with Crippen LogP contribution in [-0.4, -0.2) is 47.7 Å². The lowest BCUT2D eigenvalue weighted by molar-refractivity contribution is -0.160. The first-order chi connectivity index (χ1) is 9.82. The number of esters is 2. The molecule has 21 heavy (non-hydrogen) atoms. The third kappa shape index (κ3) is 5.18. The SMILES string of the molecule is CC1(CCOC(=O)C[C@H](O)C(=O)OCCC2(C)N=N2)N=N1. The van der Waals surface area contributed by atoms with E-state index in [4.69, 9.17) is 9.47 Å². The fourth-order valence-electron chi connectivity index (χ4n) is 1.47. The Balaban J connectivity index is 1.54. The summed E-state index contributed by atoms with van der Waals surface area (Å²) in [4.78, 5) is 22.9. The minimum absolute atomic E-state index is 0.0931. The number of carbonyl (C=O) groups excluding carboxylic acids is 2. The Hall–Kier alpha value is -1.90. The van der Waals surface area contributed by atoms with Crippen LogP contribution in [0.5, 0.6) is 0 Å². The summed E-state index contributed by atoms with van der Waals surface area (Å²) in [5.41, 5.74) is -0.897. The number of hydrogen-bond donors (Lipinski definition) is 1. The highest BCUT2D eigenvalue weighted by molar-refractivity contribution is 5.81. The molecule has 0 saturated heterocycles. The predicted octanol–water partition coefficient (Wildman–Crippen LogP) is 0.968. The van der Waals surface area contributed by atoms with E-state index in [2.05, 4.69) is 20.5 Å². The third-order valence-corrected chi connectivity index (χ3v) is 3.17. The number of aliphatic hydroxyl groups is 1. The molecule has 2 rings (SSSR count). The molecule has 0 fully saturated rings. The van der Waals surface area contributed by atoms with Gasteiger partial charge in [-0.3, -0.25) is 4.79 Å². The summed E-state index contributed by atoms with van der Waals surface area (Å²) in [6.45, 7) is 3.85. The monoisotopic (exact) mass is 298 g/mol. The molecule has 1 atom stereocenters. The predicted molar refractivity (Wildman–Crippen MR) is 68.3 cm³/mol. The Morgan fingerprint density at radius 2 is 1.48 bits per heavy atom. The molecule has 0 amide bonds. The zero-order chi connectivity index (χ0) is 15.5. The van der Waals surface area contributed by atoms with Gasteiger partial charge in [-0.05, 0) is 13.8 Å². The number of rotatable bonds is 9. The second kappa shape index (κ2) is 5.84. The first-order valence-corrected chi connectivity index (χ1v) is 6.70. The Labute approximate surface area is 121 Å². The molecule has 116 valence electrons. The molecule has 2 aliphatic heterocycles. The zero-order valence-electron chi connectivity index (χ0n) is 12.0. The van der Waals surface area contributed by atoms with Gasteiger partial charge in [-0.25, -0.2) is 4.79 Å². The van der Waals surface area contributed by atoms with Gasteiger partial charge >= 0.3 is 11.9 Å². The quantitative estimate of drug-likeness (QED) is 0.635. The van der Waals surface area contributed by atoms with Crippen molar-refractivity contribution in [3.63, 3.8) is 0 Å². The maximum absolute atomic E-state index is 11.5. The van der Waals surface area contributed by atoms with Crippen LogP contribution in [0.15, 0.2) is 20.5 Å². The van der Waals surface area contributed by atoms with Gasteiger partial charge in [-0.1, -0.05) is 0 Å². The van der Waals surface area contributed by atoms with Gasteiger partial charge in [0.15, 0.2) is 17.4 Å². The first-order valence-electron chi connectivity index (χ1n) is 6.70. The normalized spacial score (nSPS) is 20.7. The van der Waals surface area contributed by atoms with Gasteiger partial charge < -0.3 is 14.6 Å². The van der Waals surface area contributed by atoms with Crippen LogP contribution in [0.25, 0.3) is 0 Å². The largest absolute Gasteiger partial charge is 0.465 e. The maximum atomic E-state index is 11.5. The number of ether oxygens (including phenoxy) is 2. The van der Waals surface area contributed by atoms with Crippen LogP contribution in [0.1, 0.15) is 33.1 Å². The van der Waals surface area contributed by atoms with Crippen molar-refractivity contribution in [1.29, 1.82) is 0 Å². The van der Waals surface area contributed by atoms with Crippen LogP contribution < -0.4 is 0 Å². The fraction of sp³-hybridized carbons (Fsp3) is 0.833. The summed E-state index contributed by atoms with van der Waals surface area (Å²) in [6, 6.07) is 0. The first kappa shape index (κ1) is 15.5. The summed E-state index contributed by atoms with van der Waals surface area (Å²) in [7, 11) is 0. The number of hydrogen-bond acceptors (Lipinski definition) is 9. The number of nitrogens with zero attached hydrogens (tertiary/aromatic N) is 4. The van der Waals surface area contributed by atoms with E-state index < -0.39 is 35.8 Å². The summed E-state index contributed by atoms with van der Waals surface area (Å²) in [5.74, 6) is -1.52. The lowest BCUT2D eigenvalue weighted by Gasteiger charge is -2.11. The smallest absolute Gasteiger partial charge is 0.335 e. The molecule has 9 heteroatoms. The van der Waals surface area contributed by atoms with Gasteiger partial charge in [0.05, 0.1) is 19.6 Å². The van der Waals surface area contributed by atoms with Crippen molar-refractivity contribution in [3.8, 4) is 0 Å². The van der Waals surface area contributed by atoms with Crippen LogP contribution in [0.4, 0.5) is 0 Å². The second-order valence-corrected chi connectivity index (χ2v) is 5.44. The van der Waals surface area contributed by atoms with Crippen LogP contribution in [0, 0.1) is 0 Å². The molecule has 0 aromatic heterocycles. The highest BCUT2D eigenvalue weighted by Crippen LogP contribution is 2.31. The average molecular weight is 298 g/mol. The average Bonchev–Trinajstić information content (AvgIpc) is 3.30. The van der Waals surface area contributed by atoms with Crippen molar-refractivity contribution < 1.29 is 24.2 Å². The minimum Gasteiger partial charge on any atom is -0.465 e. The fourth-order valence-corrected chi connectivity index (χ4v) is 1.47. The lowest BCUT2D eigenvalue weighted by atomic mass is 10.2. The molecule has 0 saturated carbocycles. The van der Waals surface area contributed by atoms with Gasteiger partial charge in [-0.2, -0.15) is 20.5 Å². The second-order valence-electron chi connectivity index (χ2n) is 5.44. The molecule has 0 unspecified atom stereocenters. The van der Waals surface area contributed by atoms with Gasteiger partial charge in [0.1, 0.15) is 0 Å². The molecule has 0 aliphatic carbocycles. The van der Waals surface area contributed by atoms with Crippen LogP contribution in [0.2, 0.25) is 0 Å². The zero-order valence-corrected chi connectivity index (χ0v) is 12.0. The van der Waals surface area contributed by atoms with Gasteiger partial charge in [0.25, 0.3) is 0 Å². The van der Waals surface area contributed by atoms with E-state index in [1.54, 1.807) is 6.92 Å². The topological polar surface area (TPSA) is 122 Å². The Morgan fingerprint density at radius 1 is 1.00 bits per heavy atom. The molecule has 9 nitrogen and oxygen atoms in total. The standard InChI is InChI=1S/C12H18N4O5/c1-11(13-14-11)3-5-20-9(18)7-8(17)10(19)21-6-4-12(2)15-16-12/h8,17H,3-7H2,1-2H3/t8-/m0/s1. The van der Waals surface area contributed by atoms with E-state index in [9.17, 15) is 14.7 Å². The number of aliphatic hydroxyl groups excluding tert-OH is 1. The van der Waals surface area contributed by atoms with Crippen molar-refractivity contribution in [2.24, 2.45) is 20.5 Å². The Bertz CT molecular complexity index is 478. The molecule has 2 heterocycles. The molecular weight excluding hydrogens is 280 g/mol. The third-order valence-electron chi connectivity index (χ3n) is 3.17. The minimum atomic E-state index is -1.52. The van der Waals surface area contributed by atoms with Crippen LogP contribution in [-0.2, 0) is 19.1 Å². The van der Waals surface area contributed by atoms with Crippen LogP contribution >= 0.6 is 0 Å². The van der Waals surface area contributed by atoms with Crippen molar-refractivity contribution >= 4 is 11.9 Å². The van der Waals surface area contributed by atoms with Gasteiger partial charge in [-0.15, -0.1) is 0 Å². The van der Waals surface area contributed by atoms with E-state index in [0.717, 1.165) is 0 Å². The van der Waals surface area contributed by atoms with Crippen LogP contribution in [0.3, 0.4) is 0 Å². The van der Waals surface area contributed by atoms with E-state index in [1.165, 1.54) is 0 Å². The van der Waals surface area contributed by atoms with Crippen molar-refractivity contribution in [2.75, 3.05) is 13.2 Å². The van der Waals surface area contributed by atoms with Gasteiger partial charge in [0.2, 0.25) is 0 Å². The highest BCUT2D eigenvalue weighted by atomic mass is 16.6. The molecular formula is C12H18N4O5. The molecule has 0 spiro atoms. The molecule has 0 radical (unpaired) electrons. The summed E-state index contributed by atoms with van der Waals surface area (Å²) >= 11 is 0. The summed E-state index contributed by atoms with van der Waals surface area (Å²) < 4.78 is 9.73. The molecule has 0 aromatic carbocycles. The highest BCUT2D eigenvalue weighted by Gasteiger charge is 2.35. The van der Waals surface area contributed by atoms with E-state index in [-0.39, 0.29) is 13.2 Å². The lowest BCUT2D eigenvalue weighted by Crippen LogP contribution is -2.28. The van der Waals surface area contributed by atoms with Crippen molar-refractivity contribution in [2.45, 2.75) is 50.5 Å². The number of carbonyl (C=O) groups is 2. The van der Waals surface area contributed by atoms with E-state index in [0.29, 0.717) is 12.8 Å². The maximum Gasteiger partial charge on any atom is 0.335 e. The van der Waals surface area contributed by atoms with E-state index >= 15 is 0 Å². The molecule has 1 N–H and O–H groups in total. The molecule has 0 aromatic rings. The van der Waals surface area contributed by atoms with Crippen molar-refractivity contribution in [1.82, 2.24) is 0 Å². The molecule has 0 bridgehead atoms. The van der Waals surface area contributed by atoms with Gasteiger partial charge in [0, 0.05) is 12.8 Å². The summed E-state index contributed by atoms with van der Waals surface area (Å²) in [5, 5.41) is 24.6. The van der Waals surface area contributed by atoms with Crippen molar-refractivity contribution in [3.05, 3.63) is 0 Å². The summed E-state index contributed by atoms with van der Waals surface area (Å²) in [6.07, 6.45) is -1.01. The molecule has 2 aliphatic rings.